The average Bonchev–Trinajstić information content (AvgIpc) is 3.04. The van der Waals surface area contributed by atoms with Gasteiger partial charge in [0, 0.05) is 17.3 Å². The molecule has 1 aliphatic heterocycles. The van der Waals surface area contributed by atoms with Crippen LogP contribution in [0.2, 0.25) is 5.02 Å². The van der Waals surface area contributed by atoms with Gasteiger partial charge in [0.1, 0.15) is 5.37 Å². The number of amides is 1. The Balaban J connectivity index is 1.92. The fourth-order valence-electron chi connectivity index (χ4n) is 2.59. The molecule has 23 heavy (non-hydrogen) atoms. The summed E-state index contributed by atoms with van der Waals surface area (Å²) in [7, 11) is 0. The number of hydrogen-bond acceptors (Lipinski definition) is 3. The van der Waals surface area contributed by atoms with E-state index >= 15 is 0 Å². The summed E-state index contributed by atoms with van der Waals surface area (Å²) in [4.78, 5) is 25.9. The van der Waals surface area contributed by atoms with Crippen LogP contribution in [0.4, 0.5) is 0 Å². The summed E-state index contributed by atoms with van der Waals surface area (Å²) in [6, 6.07) is 13.7. The first-order valence-electron chi connectivity index (χ1n) is 7.08. The normalized spacial score (nSPS) is 17.3. The zero-order valence-electron chi connectivity index (χ0n) is 12.1. The fraction of sp³-hybridized carbons (Fsp3) is 0.176. The lowest BCUT2D eigenvalue weighted by atomic mass is 10.1. The van der Waals surface area contributed by atoms with Crippen LogP contribution in [-0.2, 0) is 0 Å². The third-order valence-corrected chi connectivity index (χ3v) is 5.21. The van der Waals surface area contributed by atoms with Gasteiger partial charge in [0.15, 0.2) is 0 Å². The lowest BCUT2D eigenvalue weighted by Gasteiger charge is -2.24. The molecule has 0 aromatic heterocycles. The van der Waals surface area contributed by atoms with E-state index in [4.69, 9.17) is 11.6 Å². The largest absolute Gasteiger partial charge is 0.478 e. The Morgan fingerprint density at radius 1 is 1.09 bits per heavy atom. The summed E-state index contributed by atoms with van der Waals surface area (Å²) in [5.74, 6) is -0.536. The van der Waals surface area contributed by atoms with Crippen molar-refractivity contribution in [2.45, 2.75) is 5.37 Å². The van der Waals surface area contributed by atoms with Gasteiger partial charge < -0.3 is 10.0 Å². The van der Waals surface area contributed by atoms with E-state index in [1.54, 1.807) is 47.0 Å². The van der Waals surface area contributed by atoms with E-state index in [9.17, 15) is 14.7 Å². The predicted molar refractivity (Wildman–Crippen MR) is 91.1 cm³/mol. The molecule has 1 heterocycles. The van der Waals surface area contributed by atoms with E-state index < -0.39 is 5.97 Å². The Morgan fingerprint density at radius 3 is 2.39 bits per heavy atom. The topological polar surface area (TPSA) is 57.6 Å². The van der Waals surface area contributed by atoms with Gasteiger partial charge in [-0.1, -0.05) is 35.9 Å². The molecule has 1 amide bonds. The maximum atomic E-state index is 12.8. The maximum Gasteiger partial charge on any atom is 0.336 e. The first-order chi connectivity index (χ1) is 11.1. The number of nitrogens with zero attached hydrogens (tertiary/aromatic N) is 1. The van der Waals surface area contributed by atoms with Gasteiger partial charge in [-0.05, 0) is 29.8 Å². The molecule has 0 saturated carbocycles. The summed E-state index contributed by atoms with van der Waals surface area (Å²) in [5, 5.41) is 9.80. The lowest BCUT2D eigenvalue weighted by molar-refractivity contribution is 0.0676. The van der Waals surface area contributed by atoms with Crippen molar-refractivity contribution in [1.82, 2.24) is 4.90 Å². The zero-order chi connectivity index (χ0) is 16.4. The zero-order valence-corrected chi connectivity index (χ0v) is 13.7. The van der Waals surface area contributed by atoms with Crippen LogP contribution >= 0.6 is 23.4 Å². The molecule has 4 nitrogen and oxygen atoms in total. The first kappa shape index (κ1) is 15.9. The van der Waals surface area contributed by atoms with Crippen LogP contribution < -0.4 is 0 Å². The van der Waals surface area contributed by atoms with Crippen LogP contribution in [-0.4, -0.2) is 34.2 Å². The molecule has 1 atom stereocenters. The van der Waals surface area contributed by atoms with Crippen LogP contribution in [0.25, 0.3) is 0 Å². The van der Waals surface area contributed by atoms with Crippen LogP contribution in [0.3, 0.4) is 0 Å². The highest BCUT2D eigenvalue weighted by molar-refractivity contribution is 7.99. The summed E-state index contributed by atoms with van der Waals surface area (Å²) in [5.41, 5.74) is 1.24. The van der Waals surface area contributed by atoms with Crippen LogP contribution in [0, 0.1) is 0 Å². The third-order valence-electron chi connectivity index (χ3n) is 3.69. The van der Waals surface area contributed by atoms with Gasteiger partial charge in [-0.3, -0.25) is 4.79 Å². The van der Waals surface area contributed by atoms with E-state index in [1.165, 1.54) is 6.07 Å². The molecule has 0 aliphatic carbocycles. The number of carbonyl (C=O) groups is 2. The Labute approximate surface area is 143 Å². The van der Waals surface area contributed by atoms with Crippen molar-refractivity contribution in [2.24, 2.45) is 0 Å². The smallest absolute Gasteiger partial charge is 0.336 e. The molecule has 0 spiro atoms. The second-order valence-electron chi connectivity index (χ2n) is 5.12. The van der Waals surface area contributed by atoms with E-state index in [-0.39, 0.29) is 22.4 Å². The Morgan fingerprint density at radius 2 is 1.74 bits per heavy atom. The van der Waals surface area contributed by atoms with Gasteiger partial charge in [0.2, 0.25) is 0 Å². The molecule has 2 aromatic carbocycles. The maximum absolute atomic E-state index is 12.8. The van der Waals surface area contributed by atoms with Gasteiger partial charge in [0.25, 0.3) is 5.91 Å². The molecular weight excluding hydrogens is 334 g/mol. The van der Waals surface area contributed by atoms with E-state index in [0.29, 0.717) is 11.6 Å². The molecule has 1 fully saturated rings. The van der Waals surface area contributed by atoms with Crippen molar-refractivity contribution < 1.29 is 14.7 Å². The number of rotatable bonds is 3. The summed E-state index contributed by atoms with van der Waals surface area (Å²) in [6.45, 7) is 0.588. The van der Waals surface area contributed by atoms with Crippen LogP contribution in [0.15, 0.2) is 48.5 Å². The molecule has 0 unspecified atom stereocenters. The number of benzene rings is 2. The summed E-state index contributed by atoms with van der Waals surface area (Å²) >= 11 is 7.58. The number of aromatic carboxylic acids is 1. The van der Waals surface area contributed by atoms with Crippen molar-refractivity contribution in [3.63, 3.8) is 0 Å². The number of carboxylic acid groups (broad SMARTS) is 1. The van der Waals surface area contributed by atoms with Crippen LogP contribution in [0.1, 0.15) is 31.7 Å². The van der Waals surface area contributed by atoms with Crippen molar-refractivity contribution in [3.8, 4) is 0 Å². The number of carbonyl (C=O) groups excluding carboxylic acids is 1. The minimum Gasteiger partial charge on any atom is -0.478 e. The predicted octanol–water partition coefficient (Wildman–Crippen LogP) is 3.93. The van der Waals surface area contributed by atoms with Crippen molar-refractivity contribution >= 4 is 35.2 Å². The van der Waals surface area contributed by atoms with Gasteiger partial charge in [0.05, 0.1) is 11.1 Å². The summed E-state index contributed by atoms with van der Waals surface area (Å²) < 4.78 is 0. The molecular formula is C17H14ClNO3S. The molecule has 6 heteroatoms. The van der Waals surface area contributed by atoms with Crippen LogP contribution in [0.5, 0.6) is 0 Å². The standard InChI is InChI=1S/C17H14ClNO3S/c18-12-7-5-11(6-8-12)16-19(9-10-23-16)15(20)13-3-1-2-4-14(13)17(21)22/h1-8,16H,9-10H2,(H,21,22)/t16-/m0/s1. The van der Waals surface area contributed by atoms with Gasteiger partial charge >= 0.3 is 5.97 Å². The first-order valence-corrected chi connectivity index (χ1v) is 8.51. The number of carboxylic acids is 1. The molecule has 1 saturated heterocycles. The number of halogens is 1. The molecule has 1 N–H and O–H groups in total. The SMILES string of the molecule is O=C(O)c1ccccc1C(=O)N1CCS[C@H]1c1ccc(Cl)cc1. The average molecular weight is 348 g/mol. The number of hydrogen-bond donors (Lipinski definition) is 1. The van der Waals surface area contributed by atoms with E-state index in [1.807, 2.05) is 12.1 Å². The minimum absolute atomic E-state index is 0.0317. The monoisotopic (exact) mass is 347 g/mol. The fourth-order valence-corrected chi connectivity index (χ4v) is 3.97. The van der Waals surface area contributed by atoms with Gasteiger partial charge in [-0.2, -0.15) is 0 Å². The molecule has 2 aromatic rings. The molecule has 118 valence electrons. The molecule has 1 aliphatic rings. The quantitative estimate of drug-likeness (QED) is 0.914. The van der Waals surface area contributed by atoms with Crippen molar-refractivity contribution in [1.29, 1.82) is 0 Å². The molecule has 0 bridgehead atoms. The van der Waals surface area contributed by atoms with Gasteiger partial charge in [-0.25, -0.2) is 4.79 Å². The minimum atomic E-state index is -1.09. The molecule has 3 rings (SSSR count). The Kier molecular flexibility index (Phi) is 4.59. The lowest BCUT2D eigenvalue weighted by Crippen LogP contribution is -2.31. The van der Waals surface area contributed by atoms with Gasteiger partial charge in [-0.15, -0.1) is 11.8 Å². The highest BCUT2D eigenvalue weighted by Crippen LogP contribution is 2.39. The molecule has 0 radical (unpaired) electrons. The van der Waals surface area contributed by atoms with Crippen molar-refractivity contribution in [2.75, 3.05) is 12.3 Å². The Hall–Kier alpha value is -1.98. The van der Waals surface area contributed by atoms with Crippen molar-refractivity contribution in [3.05, 3.63) is 70.2 Å². The Bertz CT molecular complexity index is 748. The van der Waals surface area contributed by atoms with E-state index in [0.717, 1.165) is 11.3 Å². The number of thioether (sulfide) groups is 1. The second kappa shape index (κ2) is 6.64. The summed E-state index contributed by atoms with van der Waals surface area (Å²) in [6.07, 6.45) is 0. The van der Waals surface area contributed by atoms with E-state index in [2.05, 4.69) is 0 Å². The highest BCUT2D eigenvalue weighted by atomic mass is 35.5. The second-order valence-corrected chi connectivity index (χ2v) is 6.75. The highest BCUT2D eigenvalue weighted by Gasteiger charge is 2.32. The third kappa shape index (κ3) is 3.21.